The third kappa shape index (κ3) is 2.43. The van der Waals surface area contributed by atoms with Crippen molar-refractivity contribution in [3.8, 4) is 17.1 Å². The molecule has 5 nitrogen and oxygen atoms in total. The summed E-state index contributed by atoms with van der Waals surface area (Å²) in [6.45, 7) is 0. The maximum Gasteiger partial charge on any atom is 0.188 e. The zero-order valence-electron chi connectivity index (χ0n) is 10.5. The lowest BCUT2D eigenvalue weighted by atomic mass is 10.2. The Balaban J connectivity index is 2.19. The van der Waals surface area contributed by atoms with Gasteiger partial charge in [-0.15, -0.1) is 5.10 Å². The van der Waals surface area contributed by atoms with Crippen LogP contribution >= 0.6 is 11.6 Å². The highest BCUT2D eigenvalue weighted by atomic mass is 35.5. The van der Waals surface area contributed by atoms with E-state index in [0.29, 0.717) is 16.3 Å². The first-order chi connectivity index (χ1) is 10.1. The number of nitrogens with zero attached hydrogens (tertiary/aromatic N) is 4. The van der Waals surface area contributed by atoms with Crippen LogP contribution in [0.15, 0.2) is 36.4 Å². The fourth-order valence-electron chi connectivity index (χ4n) is 1.88. The lowest BCUT2D eigenvalue weighted by Crippen LogP contribution is -2.03. The highest BCUT2D eigenvalue weighted by Crippen LogP contribution is 2.29. The fourth-order valence-corrected chi connectivity index (χ4v) is 2.09. The summed E-state index contributed by atoms with van der Waals surface area (Å²) in [7, 11) is 0. The maximum absolute atomic E-state index is 13.9. The first-order valence-electron chi connectivity index (χ1n) is 5.85. The fraction of sp³-hybridized carbons (Fsp3) is 0. The molecule has 0 radical (unpaired) electrons. The quantitative estimate of drug-likeness (QED) is 0.739. The summed E-state index contributed by atoms with van der Waals surface area (Å²) in [5.41, 5.74) is 6.63. The van der Waals surface area contributed by atoms with E-state index in [1.807, 2.05) is 0 Å². The van der Waals surface area contributed by atoms with Crippen molar-refractivity contribution in [1.82, 2.24) is 20.2 Å². The van der Waals surface area contributed by atoms with Gasteiger partial charge in [0.2, 0.25) is 0 Å². The maximum atomic E-state index is 13.9. The first kappa shape index (κ1) is 13.4. The molecule has 0 saturated carbocycles. The van der Waals surface area contributed by atoms with Gasteiger partial charge >= 0.3 is 0 Å². The number of nitrogens with two attached hydrogens (primary N) is 1. The molecule has 0 aliphatic rings. The van der Waals surface area contributed by atoms with E-state index >= 15 is 0 Å². The Labute approximate surface area is 123 Å². The number of hydrogen-bond donors (Lipinski definition) is 1. The van der Waals surface area contributed by atoms with Crippen LogP contribution in [0.2, 0.25) is 5.02 Å². The molecule has 0 saturated heterocycles. The van der Waals surface area contributed by atoms with E-state index in [-0.39, 0.29) is 11.5 Å². The molecule has 0 aliphatic carbocycles. The van der Waals surface area contributed by atoms with Crippen molar-refractivity contribution in [3.63, 3.8) is 0 Å². The summed E-state index contributed by atoms with van der Waals surface area (Å²) >= 11 is 6.09. The smallest absolute Gasteiger partial charge is 0.188 e. The van der Waals surface area contributed by atoms with Crippen molar-refractivity contribution in [2.45, 2.75) is 0 Å². The van der Waals surface area contributed by atoms with Crippen LogP contribution in [0.1, 0.15) is 0 Å². The lowest BCUT2D eigenvalue weighted by Gasteiger charge is -2.07. The predicted molar refractivity (Wildman–Crippen MR) is 73.9 cm³/mol. The highest BCUT2D eigenvalue weighted by molar-refractivity contribution is 6.33. The van der Waals surface area contributed by atoms with Gasteiger partial charge in [-0.05, 0) is 40.8 Å². The van der Waals surface area contributed by atoms with Crippen LogP contribution in [0.25, 0.3) is 17.1 Å². The third-order valence-corrected chi connectivity index (χ3v) is 3.17. The van der Waals surface area contributed by atoms with Gasteiger partial charge in [0, 0.05) is 17.3 Å². The Morgan fingerprint density at radius 1 is 1.10 bits per heavy atom. The van der Waals surface area contributed by atoms with E-state index < -0.39 is 11.6 Å². The van der Waals surface area contributed by atoms with Crippen molar-refractivity contribution in [3.05, 3.63) is 53.1 Å². The van der Waals surface area contributed by atoms with Crippen LogP contribution in [-0.2, 0) is 0 Å². The Bertz CT molecular complexity index is 818. The van der Waals surface area contributed by atoms with Gasteiger partial charge < -0.3 is 5.73 Å². The van der Waals surface area contributed by atoms with Crippen LogP contribution in [0.5, 0.6) is 0 Å². The van der Waals surface area contributed by atoms with E-state index in [1.54, 1.807) is 18.2 Å². The molecule has 106 valence electrons. The van der Waals surface area contributed by atoms with Gasteiger partial charge in [-0.2, -0.15) is 4.68 Å². The summed E-state index contributed by atoms with van der Waals surface area (Å²) in [4.78, 5) is 0. The Hall–Kier alpha value is -2.54. The molecule has 3 aromatic rings. The van der Waals surface area contributed by atoms with E-state index in [1.165, 1.54) is 6.07 Å². The summed E-state index contributed by atoms with van der Waals surface area (Å²) in [6, 6.07) is 7.90. The average Bonchev–Trinajstić information content (AvgIpc) is 2.90. The summed E-state index contributed by atoms with van der Waals surface area (Å²) in [5, 5.41) is 11.4. The molecule has 8 heteroatoms. The first-order valence-corrected chi connectivity index (χ1v) is 6.23. The average molecular weight is 308 g/mol. The van der Waals surface area contributed by atoms with Gasteiger partial charge in [0.05, 0.1) is 5.02 Å². The van der Waals surface area contributed by atoms with Crippen LogP contribution in [0.3, 0.4) is 0 Å². The molecule has 2 N–H and O–H groups in total. The molecule has 2 aromatic carbocycles. The Morgan fingerprint density at radius 3 is 2.67 bits per heavy atom. The number of hydrogen-bond acceptors (Lipinski definition) is 4. The Kier molecular flexibility index (Phi) is 3.26. The standard InChI is InChI=1S/C13H8ClF2N5/c14-10-3-2-8(17)6-9(10)13-18-19-20-21(13)12-4-1-7(15)5-11(12)16/h1-6H,17H2. The number of nitrogen functional groups attached to an aromatic ring is 1. The number of aromatic nitrogens is 4. The molecule has 1 aromatic heterocycles. The van der Waals surface area contributed by atoms with Crippen molar-refractivity contribution in [2.75, 3.05) is 5.73 Å². The van der Waals surface area contributed by atoms with Gasteiger partial charge in [0.15, 0.2) is 11.6 Å². The normalized spacial score (nSPS) is 10.8. The Morgan fingerprint density at radius 2 is 1.90 bits per heavy atom. The highest BCUT2D eigenvalue weighted by Gasteiger charge is 2.17. The van der Waals surface area contributed by atoms with E-state index in [9.17, 15) is 8.78 Å². The number of anilines is 1. The molecule has 0 amide bonds. The van der Waals surface area contributed by atoms with Crippen LogP contribution in [0.4, 0.5) is 14.5 Å². The van der Waals surface area contributed by atoms with Gasteiger partial charge in [-0.3, -0.25) is 0 Å². The second-order valence-corrected chi connectivity index (χ2v) is 4.66. The van der Waals surface area contributed by atoms with Crippen LogP contribution in [-0.4, -0.2) is 20.2 Å². The zero-order chi connectivity index (χ0) is 15.0. The van der Waals surface area contributed by atoms with Gasteiger partial charge in [-0.25, -0.2) is 8.78 Å². The SMILES string of the molecule is Nc1ccc(Cl)c(-c2nnnn2-c2ccc(F)cc2F)c1. The topological polar surface area (TPSA) is 69.6 Å². The van der Waals surface area contributed by atoms with Gasteiger partial charge in [0.25, 0.3) is 0 Å². The molecular formula is C13H8ClF2N5. The van der Waals surface area contributed by atoms with E-state index in [2.05, 4.69) is 15.5 Å². The predicted octanol–water partition coefficient (Wildman–Crippen LogP) is 2.84. The summed E-state index contributed by atoms with van der Waals surface area (Å²) < 4.78 is 28.0. The zero-order valence-corrected chi connectivity index (χ0v) is 11.2. The summed E-state index contributed by atoms with van der Waals surface area (Å²) in [5.74, 6) is -1.27. The largest absolute Gasteiger partial charge is 0.399 e. The second kappa shape index (κ2) is 5.10. The van der Waals surface area contributed by atoms with Crippen molar-refractivity contribution >= 4 is 17.3 Å². The molecule has 21 heavy (non-hydrogen) atoms. The molecule has 0 bridgehead atoms. The number of tetrazole rings is 1. The molecular weight excluding hydrogens is 300 g/mol. The molecule has 0 spiro atoms. The second-order valence-electron chi connectivity index (χ2n) is 4.25. The van der Waals surface area contributed by atoms with E-state index in [0.717, 1.165) is 16.8 Å². The van der Waals surface area contributed by atoms with Crippen LogP contribution < -0.4 is 5.73 Å². The minimum absolute atomic E-state index is 0.00916. The number of halogens is 3. The minimum Gasteiger partial charge on any atom is -0.399 e. The molecule has 0 atom stereocenters. The third-order valence-electron chi connectivity index (χ3n) is 2.84. The molecule has 1 heterocycles. The lowest BCUT2D eigenvalue weighted by molar-refractivity contribution is 0.572. The van der Waals surface area contributed by atoms with E-state index in [4.69, 9.17) is 17.3 Å². The van der Waals surface area contributed by atoms with Gasteiger partial charge in [0.1, 0.15) is 11.5 Å². The minimum atomic E-state index is -0.788. The summed E-state index contributed by atoms with van der Waals surface area (Å²) in [6.07, 6.45) is 0. The molecule has 0 fully saturated rings. The molecule has 0 unspecified atom stereocenters. The number of rotatable bonds is 2. The monoisotopic (exact) mass is 307 g/mol. The molecule has 0 aliphatic heterocycles. The molecule has 3 rings (SSSR count). The van der Waals surface area contributed by atoms with Crippen molar-refractivity contribution in [1.29, 1.82) is 0 Å². The number of benzene rings is 2. The van der Waals surface area contributed by atoms with Crippen molar-refractivity contribution in [2.24, 2.45) is 0 Å². The van der Waals surface area contributed by atoms with Gasteiger partial charge in [-0.1, -0.05) is 11.6 Å². The van der Waals surface area contributed by atoms with Crippen LogP contribution in [0, 0.1) is 11.6 Å². The van der Waals surface area contributed by atoms with Crippen molar-refractivity contribution < 1.29 is 8.78 Å².